The molecule has 636 valence electrons. The largest absolute Gasteiger partial charge is 0.392 e. The van der Waals surface area contributed by atoms with E-state index in [0.29, 0.717) is 124 Å². The van der Waals surface area contributed by atoms with Crippen LogP contribution in [-0.4, -0.2) is 264 Å². The minimum absolute atomic E-state index is 0.00737. The number of benzene rings is 2. The number of aliphatic hydroxyl groups is 1. The van der Waals surface area contributed by atoms with Gasteiger partial charge in [-0.2, -0.15) is 0 Å². The normalized spacial score (nSPS) is 13.8. The number of aromatic nitrogens is 8. The fourth-order valence-corrected chi connectivity index (χ4v) is 13.2. The number of carbonyl (C=O) groups excluding carboxylic acids is 10. The molecule has 1 fully saturated rings. The molecule has 5 aromatic heterocycles. The summed E-state index contributed by atoms with van der Waals surface area (Å²) >= 11 is 0. The molecule has 7 heterocycles. The number of hydrogen-bond acceptors (Lipinski definition) is 23. The number of amides is 10. The van der Waals surface area contributed by atoms with Crippen molar-refractivity contribution in [1.29, 1.82) is 0 Å². The molecule has 118 heavy (non-hydrogen) atoms. The van der Waals surface area contributed by atoms with Crippen molar-refractivity contribution in [3.63, 3.8) is 0 Å². The summed E-state index contributed by atoms with van der Waals surface area (Å²) in [6, 6.07) is 17.3. The zero-order valence-corrected chi connectivity index (χ0v) is 67.5. The fraction of sp³-hybridized carbons (Fsp3) is 0.487. The monoisotopic (exact) mass is 1640 g/mol. The smallest absolute Gasteiger partial charge is 0.291 e. The average molecular weight is 1640 g/mol. The second kappa shape index (κ2) is 45.3. The van der Waals surface area contributed by atoms with Gasteiger partial charge in [0.2, 0.25) is 41.2 Å². The van der Waals surface area contributed by atoms with Gasteiger partial charge in [0, 0.05) is 151 Å². The predicted octanol–water partition coefficient (Wildman–Crippen LogP) is 2.91. The van der Waals surface area contributed by atoms with E-state index in [1.165, 1.54) is 55.2 Å². The van der Waals surface area contributed by atoms with Crippen LogP contribution in [0.5, 0.6) is 0 Å². The number of rotatable bonds is 49. The third-order valence-electron chi connectivity index (χ3n) is 19.4. The molecule has 2 aromatic carbocycles. The lowest BCUT2D eigenvalue weighted by Gasteiger charge is -2.44. The van der Waals surface area contributed by atoms with E-state index in [1.807, 2.05) is 23.1 Å². The zero-order valence-electron chi connectivity index (χ0n) is 67.5. The summed E-state index contributed by atoms with van der Waals surface area (Å²) < 4.78 is 52.0. The molecule has 0 saturated heterocycles. The van der Waals surface area contributed by atoms with Gasteiger partial charge < -0.3 is 123 Å². The molecule has 9 N–H and O–H groups in total. The number of imidazole rings is 3. The van der Waals surface area contributed by atoms with E-state index in [4.69, 9.17) is 37.9 Å². The maximum Gasteiger partial charge on any atom is 0.291 e. The topological polar surface area (TPSA) is 434 Å². The van der Waals surface area contributed by atoms with Crippen molar-refractivity contribution in [2.75, 3.05) is 183 Å². The number of hydrogen-bond donors (Lipinski definition) is 9. The highest BCUT2D eigenvalue weighted by Gasteiger charge is 2.43. The molecule has 0 spiro atoms. The molecule has 0 radical (unpaired) electrons. The van der Waals surface area contributed by atoms with Gasteiger partial charge >= 0.3 is 0 Å². The molecule has 0 unspecified atom stereocenters. The molecule has 10 rings (SSSR count). The summed E-state index contributed by atoms with van der Waals surface area (Å²) in [4.78, 5) is 148. The maximum absolute atomic E-state index is 13.3. The first-order valence-corrected chi connectivity index (χ1v) is 39.3. The first-order chi connectivity index (χ1) is 57.1. The van der Waals surface area contributed by atoms with Crippen LogP contribution in [0.3, 0.4) is 0 Å². The second-order valence-corrected chi connectivity index (χ2v) is 28.3. The van der Waals surface area contributed by atoms with E-state index >= 15 is 0 Å². The number of aliphatic hydroxyl groups excluding tert-OH is 1. The Labute approximate surface area is 682 Å². The van der Waals surface area contributed by atoms with Gasteiger partial charge in [-0.15, -0.1) is 0 Å². The van der Waals surface area contributed by atoms with Crippen LogP contribution in [0.4, 0.5) is 34.4 Å². The van der Waals surface area contributed by atoms with Crippen molar-refractivity contribution in [3.05, 3.63) is 143 Å². The Morgan fingerprint density at radius 1 is 0.492 bits per heavy atom. The predicted molar refractivity (Wildman–Crippen MR) is 433 cm³/mol. The lowest BCUT2D eigenvalue weighted by atomic mass is 9.95. The SMILES string of the molecule is CC(=O)N1c2ccc(C3=CCN(C(=O)COCCOCCOCCOCCOCCOCCOCCOCCNC(=O)CCNC(=O)c4nc(NC(=O)CCNC(=O)c5cc(NC(=O)c6nc(NC(=O)CCNC(=O)c7cc(NC(=O)c8nccn8C)cn7C)cn6C)cn5C)cn4C)CC3)cc2N(Cc2ccccc2CO)C[C@@H]1C1CC1. The highest BCUT2D eigenvalue weighted by atomic mass is 16.6. The Morgan fingerprint density at radius 2 is 0.983 bits per heavy atom. The number of anilines is 6. The molecule has 0 bridgehead atoms. The van der Waals surface area contributed by atoms with Gasteiger partial charge in [0.25, 0.3) is 29.5 Å². The Bertz CT molecular complexity index is 4620. The van der Waals surface area contributed by atoms with Crippen molar-refractivity contribution in [2.24, 2.45) is 41.2 Å². The van der Waals surface area contributed by atoms with E-state index in [0.717, 1.165) is 53.0 Å². The van der Waals surface area contributed by atoms with Gasteiger partial charge in [-0.05, 0) is 71.7 Å². The lowest BCUT2D eigenvalue weighted by Crippen LogP contribution is -2.52. The minimum atomic E-state index is -0.641. The molecule has 2 aliphatic heterocycles. The summed E-state index contributed by atoms with van der Waals surface area (Å²) in [5.41, 5.74) is 7.16. The Balaban J connectivity index is 0.473. The number of nitrogens with one attached hydrogen (secondary N) is 8. The molecule has 1 saturated carbocycles. The van der Waals surface area contributed by atoms with E-state index in [2.05, 4.69) is 92.7 Å². The first-order valence-electron chi connectivity index (χ1n) is 39.3. The third-order valence-corrected chi connectivity index (χ3v) is 19.4. The standard InChI is InChI=1S/C80H107N19O19/c1-54(101)99-62-14-13-57(43-63(62)98(49-66(99)56-11-12-56)46-58-9-7-8-10-59(58)52-100)55-18-25-97(26-19-55)72(105)53-118-42-41-117-40-39-116-38-37-115-36-35-114-34-33-113-32-31-112-30-29-111-28-24-81-69(102)15-20-85-78(108)74-90-67(50-95(74)5)88-70(103)16-21-84-77(107)65-45-61(48-94(65)4)87-80(110)75-91-68(51-96(75)6)89-71(104)17-22-83-76(106)64-44-60(47-93(64)3)86-79(109)73-82-23-27-92(73)2/h7-10,13-14,18,23,27,43-45,47-48,50-51,56,66,100H,11-12,15-17,19-22,24-26,28-42,46,49,52-53H2,1-6H3,(H,81,102)(H,83,106)(H,84,107)(H,85,108)(H,86,109)(H,87,110)(H,88,103)(H,89,104)/t66-/m1/s1. The molecule has 1 atom stereocenters. The van der Waals surface area contributed by atoms with Gasteiger partial charge in [0.15, 0.2) is 17.5 Å². The number of aryl methyl sites for hydroxylation is 5. The van der Waals surface area contributed by atoms with Crippen LogP contribution in [0.2, 0.25) is 0 Å². The Hall–Kier alpha value is -11.5. The van der Waals surface area contributed by atoms with Crippen LogP contribution in [-0.2, 0) is 110 Å². The van der Waals surface area contributed by atoms with E-state index < -0.39 is 41.4 Å². The van der Waals surface area contributed by atoms with Crippen molar-refractivity contribution in [3.8, 4) is 0 Å². The summed E-state index contributed by atoms with van der Waals surface area (Å²) in [5.74, 6) is -3.21. The van der Waals surface area contributed by atoms with Crippen LogP contribution in [0.15, 0.2) is 97.9 Å². The van der Waals surface area contributed by atoms with Gasteiger partial charge in [0.05, 0.1) is 135 Å². The third kappa shape index (κ3) is 26.8. The lowest BCUT2D eigenvalue weighted by molar-refractivity contribution is -0.136. The number of ether oxygens (including phenoxy) is 8. The van der Waals surface area contributed by atoms with Gasteiger partial charge in [-0.25, -0.2) is 15.0 Å². The average Bonchev–Trinajstić information content (AvgIpc) is 1.29. The molecule has 38 nitrogen and oxygen atoms in total. The van der Waals surface area contributed by atoms with E-state index in [9.17, 15) is 53.1 Å². The highest BCUT2D eigenvalue weighted by Crippen LogP contribution is 2.46. The van der Waals surface area contributed by atoms with Crippen LogP contribution in [0.25, 0.3) is 5.57 Å². The summed E-state index contributed by atoms with van der Waals surface area (Å²) in [5, 5.41) is 31.4. The molecule has 3 aliphatic rings. The number of carbonyl (C=O) groups is 10. The number of fused-ring (bicyclic) bond motifs is 1. The van der Waals surface area contributed by atoms with Crippen LogP contribution < -0.4 is 52.3 Å². The van der Waals surface area contributed by atoms with Crippen molar-refractivity contribution < 1.29 is 90.9 Å². The molecular weight excluding hydrogens is 1530 g/mol. The minimum Gasteiger partial charge on any atom is -0.392 e. The summed E-state index contributed by atoms with van der Waals surface area (Å²) in [6.07, 6.45) is 13.8. The molecule has 7 aromatic rings. The van der Waals surface area contributed by atoms with E-state index in [1.54, 1.807) is 64.0 Å². The van der Waals surface area contributed by atoms with Crippen LogP contribution in [0, 0.1) is 5.92 Å². The highest BCUT2D eigenvalue weighted by molar-refractivity contribution is 6.05. The summed E-state index contributed by atoms with van der Waals surface area (Å²) in [6.45, 7) is 9.57. The quantitative estimate of drug-likeness (QED) is 0.0248. The van der Waals surface area contributed by atoms with Crippen molar-refractivity contribution >= 4 is 99.0 Å². The number of nitrogens with zero attached hydrogens (tertiary/aromatic N) is 11. The van der Waals surface area contributed by atoms with Gasteiger partial charge in [-0.1, -0.05) is 36.4 Å². The molecular formula is C80H107N19O19. The molecule has 1 aliphatic carbocycles. The fourth-order valence-electron chi connectivity index (χ4n) is 13.2. The van der Waals surface area contributed by atoms with Crippen LogP contribution >= 0.6 is 0 Å². The molecule has 10 amide bonds. The van der Waals surface area contributed by atoms with Crippen molar-refractivity contribution in [2.45, 2.75) is 64.6 Å². The molecule has 38 heteroatoms. The van der Waals surface area contributed by atoms with E-state index in [-0.39, 0.29) is 142 Å². The Kier molecular flexibility index (Phi) is 34.1. The van der Waals surface area contributed by atoms with Gasteiger partial charge in [-0.3, -0.25) is 47.9 Å². The maximum atomic E-state index is 13.3. The summed E-state index contributed by atoms with van der Waals surface area (Å²) in [7, 11) is 8.04. The van der Waals surface area contributed by atoms with Gasteiger partial charge in [0.1, 0.15) is 18.0 Å². The van der Waals surface area contributed by atoms with Crippen molar-refractivity contribution in [1.82, 2.24) is 64.0 Å². The zero-order chi connectivity index (χ0) is 83.9. The first kappa shape index (κ1) is 88.9. The Morgan fingerprint density at radius 3 is 1.47 bits per heavy atom. The van der Waals surface area contributed by atoms with Crippen LogP contribution in [0.1, 0.15) is 115 Å². The second-order valence-electron chi connectivity index (χ2n) is 28.3.